The summed E-state index contributed by atoms with van der Waals surface area (Å²) in [5.41, 5.74) is -0.479. The largest absolute Gasteiger partial charge is 0.478 e. The summed E-state index contributed by atoms with van der Waals surface area (Å²) in [5.74, 6) is -7.68. The van der Waals surface area contributed by atoms with Crippen molar-refractivity contribution >= 4 is 17.5 Å². The van der Waals surface area contributed by atoms with Crippen LogP contribution in [0.3, 0.4) is 0 Å². The van der Waals surface area contributed by atoms with Crippen molar-refractivity contribution in [2.24, 2.45) is 0 Å². The van der Waals surface area contributed by atoms with Crippen molar-refractivity contribution in [2.75, 3.05) is 0 Å². The third kappa shape index (κ3) is 6.72. The van der Waals surface area contributed by atoms with Crippen molar-refractivity contribution in [3.05, 3.63) is 99.8 Å². The molecule has 0 saturated carbocycles. The van der Waals surface area contributed by atoms with E-state index in [-0.39, 0.29) is 5.75 Å². The highest BCUT2D eigenvalue weighted by Gasteiger charge is 2.33. The van der Waals surface area contributed by atoms with E-state index >= 15 is 0 Å². The zero-order valence-corrected chi connectivity index (χ0v) is 19.9. The van der Waals surface area contributed by atoms with Crippen LogP contribution in [0.25, 0.3) is 0 Å². The maximum Gasteiger partial charge on any atom is 0.263 e. The highest BCUT2D eigenvalue weighted by molar-refractivity contribution is 6.30. The smallest absolute Gasteiger partial charge is 0.263 e. The zero-order chi connectivity index (χ0) is 25.9. The number of carbonyl (C=O) groups is 1. The van der Waals surface area contributed by atoms with Crippen molar-refractivity contribution in [3.8, 4) is 5.75 Å². The Bertz CT molecular complexity index is 1170. The second kappa shape index (κ2) is 10.6. The normalized spacial score (nSPS) is 13.3. The molecule has 186 valence electrons. The second-order valence-electron chi connectivity index (χ2n) is 8.72. The molecule has 0 aliphatic carbocycles. The van der Waals surface area contributed by atoms with Crippen molar-refractivity contribution in [1.82, 2.24) is 5.32 Å². The Morgan fingerprint density at radius 3 is 2.03 bits per heavy atom. The molecule has 2 atom stereocenters. The maximum atomic E-state index is 14.0. The number of hydrogen-bond acceptors (Lipinski definition) is 2. The van der Waals surface area contributed by atoms with Gasteiger partial charge in [-0.15, -0.1) is 0 Å². The molecule has 1 amide bonds. The molecule has 0 aliphatic rings. The van der Waals surface area contributed by atoms with Crippen molar-refractivity contribution in [1.29, 1.82) is 0 Å². The standard InChI is InChI=1S/C26H23ClF5NO2/c1-14(33-25(34)26(2,3)35-20-12-22(30)24(32)23(31)13-20)21(8-15-4-6-17(27)7-5-15)16-9-18(28)11-19(29)10-16/h4-7,9-14,21H,8H2,1-3H3,(H,33,34). The van der Waals surface area contributed by atoms with Crippen LogP contribution in [0.2, 0.25) is 5.02 Å². The number of rotatable bonds is 8. The molecule has 0 radical (unpaired) electrons. The minimum atomic E-state index is -1.65. The minimum Gasteiger partial charge on any atom is -0.478 e. The number of benzene rings is 3. The topological polar surface area (TPSA) is 38.3 Å². The van der Waals surface area contributed by atoms with Crippen molar-refractivity contribution in [2.45, 2.75) is 44.8 Å². The lowest BCUT2D eigenvalue weighted by Gasteiger charge is -2.31. The first-order chi connectivity index (χ1) is 16.4. The Morgan fingerprint density at radius 1 is 0.943 bits per heavy atom. The van der Waals surface area contributed by atoms with E-state index in [0.29, 0.717) is 29.1 Å². The number of ether oxygens (including phenoxy) is 1. The summed E-state index contributed by atoms with van der Waals surface area (Å²) in [6.45, 7) is 4.39. The third-order valence-corrected chi connectivity index (χ3v) is 5.77. The molecule has 0 saturated heterocycles. The Hall–Kier alpha value is -3.13. The average molecular weight is 512 g/mol. The van der Waals surface area contributed by atoms with Crippen LogP contribution in [0.5, 0.6) is 5.75 Å². The molecule has 3 aromatic carbocycles. The fourth-order valence-electron chi connectivity index (χ4n) is 3.66. The predicted molar refractivity (Wildman–Crippen MR) is 123 cm³/mol. The Labute approximate surface area is 204 Å². The number of amides is 1. The molecule has 3 aromatic rings. The summed E-state index contributed by atoms with van der Waals surface area (Å²) in [5, 5.41) is 3.28. The summed E-state index contributed by atoms with van der Waals surface area (Å²) in [6, 6.07) is 10.7. The molecule has 0 heterocycles. The van der Waals surface area contributed by atoms with Crippen LogP contribution in [0, 0.1) is 29.1 Å². The molecule has 0 aliphatic heterocycles. The van der Waals surface area contributed by atoms with E-state index < -0.39 is 52.6 Å². The van der Waals surface area contributed by atoms with Crippen molar-refractivity contribution < 1.29 is 31.5 Å². The van der Waals surface area contributed by atoms with Gasteiger partial charge in [-0.2, -0.15) is 0 Å². The van der Waals surface area contributed by atoms with Gasteiger partial charge in [-0.3, -0.25) is 4.79 Å². The summed E-state index contributed by atoms with van der Waals surface area (Å²) >= 11 is 5.95. The van der Waals surface area contributed by atoms with Crippen LogP contribution >= 0.6 is 11.6 Å². The molecule has 0 fully saturated rings. The van der Waals surface area contributed by atoms with Gasteiger partial charge in [0.15, 0.2) is 23.1 Å². The van der Waals surface area contributed by atoms with Crippen molar-refractivity contribution in [3.63, 3.8) is 0 Å². The molecule has 35 heavy (non-hydrogen) atoms. The molecule has 0 bridgehead atoms. The van der Waals surface area contributed by atoms with E-state index in [1.54, 1.807) is 31.2 Å². The van der Waals surface area contributed by atoms with Gasteiger partial charge in [-0.05, 0) is 62.6 Å². The summed E-state index contributed by atoms with van der Waals surface area (Å²) in [7, 11) is 0. The molecule has 2 unspecified atom stereocenters. The maximum absolute atomic E-state index is 14.0. The fraction of sp³-hybridized carbons (Fsp3) is 0.269. The SMILES string of the molecule is CC(NC(=O)C(C)(C)Oc1cc(F)c(F)c(F)c1)C(Cc1ccc(Cl)cc1)c1cc(F)cc(F)c1. The van der Waals surface area contributed by atoms with Crippen LogP contribution in [0.1, 0.15) is 37.8 Å². The molecule has 3 nitrogen and oxygen atoms in total. The monoisotopic (exact) mass is 511 g/mol. The summed E-state index contributed by atoms with van der Waals surface area (Å²) in [4.78, 5) is 13.0. The zero-order valence-electron chi connectivity index (χ0n) is 19.1. The lowest BCUT2D eigenvalue weighted by molar-refractivity contribution is -0.135. The van der Waals surface area contributed by atoms with Crippen LogP contribution in [0.4, 0.5) is 22.0 Å². The quantitative estimate of drug-likeness (QED) is 0.269. The van der Waals surface area contributed by atoms with Gasteiger partial charge in [0.25, 0.3) is 5.91 Å². The average Bonchev–Trinajstić information content (AvgIpc) is 2.75. The highest BCUT2D eigenvalue weighted by Crippen LogP contribution is 2.28. The Kier molecular flexibility index (Phi) is 8.05. The molecule has 9 heteroatoms. The number of nitrogens with one attached hydrogen (secondary N) is 1. The van der Waals surface area contributed by atoms with E-state index in [1.165, 1.54) is 26.0 Å². The van der Waals surface area contributed by atoms with E-state index in [2.05, 4.69) is 5.32 Å². The predicted octanol–water partition coefficient (Wildman–Crippen LogP) is 6.72. The minimum absolute atomic E-state index is 0.317. The number of carbonyl (C=O) groups excluding carboxylic acids is 1. The number of hydrogen-bond donors (Lipinski definition) is 1. The van der Waals surface area contributed by atoms with E-state index in [0.717, 1.165) is 11.6 Å². The van der Waals surface area contributed by atoms with Crippen LogP contribution in [0.15, 0.2) is 54.6 Å². The lowest BCUT2D eigenvalue weighted by atomic mass is 9.86. The van der Waals surface area contributed by atoms with Gasteiger partial charge in [0.1, 0.15) is 17.4 Å². The summed E-state index contributed by atoms with van der Waals surface area (Å²) in [6.07, 6.45) is 0.317. The first-order valence-electron chi connectivity index (χ1n) is 10.7. The van der Waals surface area contributed by atoms with Crippen LogP contribution in [-0.4, -0.2) is 17.6 Å². The van der Waals surface area contributed by atoms with Crippen LogP contribution in [-0.2, 0) is 11.2 Å². The molecular weight excluding hydrogens is 489 g/mol. The van der Waals surface area contributed by atoms with E-state index in [9.17, 15) is 26.7 Å². The molecule has 0 aromatic heterocycles. The summed E-state index contributed by atoms with van der Waals surface area (Å²) < 4.78 is 73.7. The second-order valence-corrected chi connectivity index (χ2v) is 9.15. The molecular formula is C26H23ClF5NO2. The van der Waals surface area contributed by atoms with E-state index in [4.69, 9.17) is 16.3 Å². The van der Waals surface area contributed by atoms with Gasteiger partial charge in [-0.25, -0.2) is 22.0 Å². The highest BCUT2D eigenvalue weighted by atomic mass is 35.5. The fourth-order valence-corrected chi connectivity index (χ4v) is 3.79. The van der Waals surface area contributed by atoms with E-state index in [1.807, 2.05) is 0 Å². The Morgan fingerprint density at radius 2 is 1.49 bits per heavy atom. The first kappa shape index (κ1) is 26.5. The lowest BCUT2D eigenvalue weighted by Crippen LogP contribution is -2.51. The molecule has 3 rings (SSSR count). The van der Waals surface area contributed by atoms with Crippen LogP contribution < -0.4 is 10.1 Å². The molecule has 1 N–H and O–H groups in total. The number of halogens is 6. The van der Waals surface area contributed by atoms with Gasteiger partial charge in [0.2, 0.25) is 0 Å². The van der Waals surface area contributed by atoms with Gasteiger partial charge in [-0.1, -0.05) is 23.7 Å². The van der Waals surface area contributed by atoms with Gasteiger partial charge in [0.05, 0.1) is 0 Å². The van der Waals surface area contributed by atoms with Gasteiger partial charge in [0, 0.05) is 35.2 Å². The Balaban J connectivity index is 1.84. The first-order valence-corrected chi connectivity index (χ1v) is 11.1. The molecule has 0 spiro atoms. The third-order valence-electron chi connectivity index (χ3n) is 5.52. The van der Waals surface area contributed by atoms with Gasteiger partial charge < -0.3 is 10.1 Å². The van der Waals surface area contributed by atoms with Gasteiger partial charge >= 0.3 is 0 Å².